The first kappa shape index (κ1) is 17.3. The van der Waals surface area contributed by atoms with E-state index in [-0.39, 0.29) is 19.0 Å². The smallest absolute Gasteiger partial charge is 0.317 e. The molecule has 126 valence electrons. The molecule has 0 aromatic heterocycles. The topological polar surface area (TPSA) is 69.6 Å². The maximum atomic E-state index is 12.1. The van der Waals surface area contributed by atoms with Crippen LogP contribution in [-0.4, -0.2) is 42.1 Å². The van der Waals surface area contributed by atoms with Crippen molar-refractivity contribution in [3.8, 4) is 0 Å². The number of urea groups is 1. The highest BCUT2D eigenvalue weighted by Crippen LogP contribution is 2.44. The van der Waals surface area contributed by atoms with Gasteiger partial charge in [-0.1, -0.05) is 38.1 Å². The fraction of sp³-hybridized carbons (Fsp3) is 0.556. The lowest BCUT2D eigenvalue weighted by Crippen LogP contribution is -2.40. The number of benzene rings is 1. The summed E-state index contributed by atoms with van der Waals surface area (Å²) in [6.45, 7) is 5.29. The highest BCUT2D eigenvalue weighted by molar-refractivity contribution is 5.75. The molecule has 2 amide bonds. The fourth-order valence-corrected chi connectivity index (χ4v) is 3.32. The summed E-state index contributed by atoms with van der Waals surface area (Å²) in [6, 6.07) is 8.27. The molecule has 2 atom stereocenters. The summed E-state index contributed by atoms with van der Waals surface area (Å²) in [7, 11) is 1.62. The van der Waals surface area contributed by atoms with Crippen LogP contribution in [0.1, 0.15) is 49.7 Å². The molecule has 0 fully saturated rings. The number of hydrogen-bond acceptors (Lipinski definition) is 2. The highest BCUT2D eigenvalue weighted by atomic mass is 16.4. The van der Waals surface area contributed by atoms with Crippen LogP contribution in [0, 0.1) is 5.92 Å². The first-order valence-electron chi connectivity index (χ1n) is 8.19. The molecule has 0 saturated heterocycles. The lowest BCUT2D eigenvalue weighted by Gasteiger charge is -2.20. The first-order valence-corrected chi connectivity index (χ1v) is 8.19. The third kappa shape index (κ3) is 4.24. The predicted molar refractivity (Wildman–Crippen MR) is 89.7 cm³/mol. The van der Waals surface area contributed by atoms with Gasteiger partial charge in [0, 0.05) is 26.1 Å². The van der Waals surface area contributed by atoms with Crippen LogP contribution in [0.15, 0.2) is 24.3 Å². The Labute approximate surface area is 137 Å². The van der Waals surface area contributed by atoms with Gasteiger partial charge < -0.3 is 15.3 Å². The number of carbonyl (C=O) groups is 2. The summed E-state index contributed by atoms with van der Waals surface area (Å²) < 4.78 is 0. The van der Waals surface area contributed by atoms with Crippen LogP contribution in [0.4, 0.5) is 4.79 Å². The zero-order chi connectivity index (χ0) is 17.0. The zero-order valence-electron chi connectivity index (χ0n) is 14.1. The van der Waals surface area contributed by atoms with E-state index in [1.807, 2.05) is 0 Å². The molecule has 0 saturated carbocycles. The molecule has 1 aromatic carbocycles. The van der Waals surface area contributed by atoms with Gasteiger partial charge in [-0.25, -0.2) is 4.79 Å². The molecule has 0 unspecified atom stereocenters. The van der Waals surface area contributed by atoms with E-state index in [1.54, 1.807) is 7.05 Å². The molecular formula is C18H26N2O3. The van der Waals surface area contributed by atoms with Gasteiger partial charge in [0.25, 0.3) is 0 Å². The number of fused-ring (bicyclic) bond motifs is 1. The Balaban J connectivity index is 1.94. The van der Waals surface area contributed by atoms with E-state index < -0.39 is 5.97 Å². The van der Waals surface area contributed by atoms with Crippen LogP contribution in [0.5, 0.6) is 0 Å². The lowest BCUT2D eigenvalue weighted by molar-refractivity contribution is -0.137. The van der Waals surface area contributed by atoms with Crippen LogP contribution < -0.4 is 5.32 Å². The van der Waals surface area contributed by atoms with Gasteiger partial charge in [0.1, 0.15) is 0 Å². The lowest BCUT2D eigenvalue weighted by atomic mass is 9.90. The number of rotatable bonds is 6. The Bertz CT molecular complexity index is 571. The van der Waals surface area contributed by atoms with Crippen LogP contribution in [0.3, 0.4) is 0 Å². The van der Waals surface area contributed by atoms with E-state index >= 15 is 0 Å². The SMILES string of the molecule is CC(C)[C@@H]1C[C@@H](CNC(=O)N(C)CCC(=O)O)c2ccccc21. The molecule has 1 aromatic rings. The van der Waals surface area contributed by atoms with Crippen molar-refractivity contribution in [1.82, 2.24) is 10.2 Å². The minimum absolute atomic E-state index is 0.0361. The van der Waals surface area contributed by atoms with Crippen LogP contribution in [-0.2, 0) is 4.79 Å². The molecule has 1 aliphatic carbocycles. The third-order valence-corrected chi connectivity index (χ3v) is 4.69. The van der Waals surface area contributed by atoms with Gasteiger partial charge in [0.15, 0.2) is 0 Å². The monoisotopic (exact) mass is 318 g/mol. The first-order chi connectivity index (χ1) is 10.9. The second-order valence-corrected chi connectivity index (χ2v) is 6.66. The quantitative estimate of drug-likeness (QED) is 0.847. The van der Waals surface area contributed by atoms with E-state index in [0.717, 1.165) is 6.42 Å². The summed E-state index contributed by atoms with van der Waals surface area (Å²) in [5.41, 5.74) is 2.74. The minimum Gasteiger partial charge on any atom is -0.481 e. The average molecular weight is 318 g/mol. The second-order valence-electron chi connectivity index (χ2n) is 6.66. The number of nitrogens with one attached hydrogen (secondary N) is 1. The van der Waals surface area contributed by atoms with Gasteiger partial charge in [0.2, 0.25) is 0 Å². The van der Waals surface area contributed by atoms with E-state index in [4.69, 9.17) is 5.11 Å². The third-order valence-electron chi connectivity index (χ3n) is 4.69. The van der Waals surface area contributed by atoms with E-state index in [1.165, 1.54) is 16.0 Å². The average Bonchev–Trinajstić information content (AvgIpc) is 2.89. The molecule has 0 aliphatic heterocycles. The number of carboxylic acids is 1. The number of hydrogen-bond donors (Lipinski definition) is 2. The van der Waals surface area contributed by atoms with Gasteiger partial charge in [-0.05, 0) is 29.4 Å². The minimum atomic E-state index is -0.894. The number of carboxylic acid groups (broad SMARTS) is 1. The summed E-state index contributed by atoms with van der Waals surface area (Å²) >= 11 is 0. The Morgan fingerprint density at radius 2 is 1.96 bits per heavy atom. The standard InChI is InChI=1S/C18H26N2O3/c1-12(2)16-10-13(14-6-4-5-7-15(14)16)11-19-18(23)20(3)9-8-17(21)22/h4-7,12-13,16H,8-11H2,1-3H3,(H,19,23)(H,21,22)/t13-,16-/m0/s1. The summed E-state index contributed by atoms with van der Waals surface area (Å²) in [5.74, 6) is 0.553. The van der Waals surface area contributed by atoms with Crippen molar-refractivity contribution in [2.75, 3.05) is 20.1 Å². The zero-order valence-corrected chi connectivity index (χ0v) is 14.1. The highest BCUT2D eigenvalue weighted by Gasteiger charge is 2.32. The summed E-state index contributed by atoms with van der Waals surface area (Å²) in [5, 5.41) is 11.6. The number of aliphatic carboxylic acids is 1. The molecule has 2 N–H and O–H groups in total. The number of nitrogens with zero attached hydrogens (tertiary/aromatic N) is 1. The molecular weight excluding hydrogens is 292 g/mol. The number of amides is 2. The molecule has 23 heavy (non-hydrogen) atoms. The Hall–Kier alpha value is -2.04. The molecule has 2 rings (SSSR count). The fourth-order valence-electron chi connectivity index (χ4n) is 3.32. The van der Waals surface area contributed by atoms with E-state index in [0.29, 0.717) is 24.3 Å². The summed E-state index contributed by atoms with van der Waals surface area (Å²) in [4.78, 5) is 24.1. The van der Waals surface area contributed by atoms with Crippen molar-refractivity contribution in [1.29, 1.82) is 0 Å². The molecule has 0 spiro atoms. The van der Waals surface area contributed by atoms with Gasteiger partial charge in [-0.2, -0.15) is 0 Å². The van der Waals surface area contributed by atoms with Crippen molar-refractivity contribution >= 4 is 12.0 Å². The Morgan fingerprint density at radius 3 is 2.57 bits per heavy atom. The van der Waals surface area contributed by atoms with Gasteiger partial charge in [0.05, 0.1) is 6.42 Å². The maximum absolute atomic E-state index is 12.1. The van der Waals surface area contributed by atoms with Gasteiger partial charge in [-0.15, -0.1) is 0 Å². The summed E-state index contributed by atoms with van der Waals surface area (Å²) in [6.07, 6.45) is 1.02. The van der Waals surface area contributed by atoms with Gasteiger partial charge >= 0.3 is 12.0 Å². The predicted octanol–water partition coefficient (Wildman–Crippen LogP) is 3.03. The molecule has 0 heterocycles. The molecule has 0 bridgehead atoms. The molecule has 0 radical (unpaired) electrons. The molecule has 5 heteroatoms. The van der Waals surface area contributed by atoms with Crippen LogP contribution in [0.2, 0.25) is 0 Å². The van der Waals surface area contributed by atoms with Crippen molar-refractivity contribution in [3.05, 3.63) is 35.4 Å². The Kier molecular flexibility index (Phi) is 5.64. The van der Waals surface area contributed by atoms with E-state index in [9.17, 15) is 9.59 Å². The van der Waals surface area contributed by atoms with E-state index in [2.05, 4.69) is 43.4 Å². The number of carbonyl (C=O) groups excluding carboxylic acids is 1. The molecule has 5 nitrogen and oxygen atoms in total. The van der Waals surface area contributed by atoms with Crippen LogP contribution >= 0.6 is 0 Å². The largest absolute Gasteiger partial charge is 0.481 e. The maximum Gasteiger partial charge on any atom is 0.317 e. The van der Waals surface area contributed by atoms with Crippen molar-refractivity contribution < 1.29 is 14.7 Å². The molecule has 1 aliphatic rings. The second kappa shape index (κ2) is 7.49. The van der Waals surface area contributed by atoms with Crippen molar-refractivity contribution in [2.24, 2.45) is 5.92 Å². The Morgan fingerprint density at radius 1 is 1.30 bits per heavy atom. The van der Waals surface area contributed by atoms with Crippen LogP contribution in [0.25, 0.3) is 0 Å². The van der Waals surface area contributed by atoms with Gasteiger partial charge in [-0.3, -0.25) is 4.79 Å². The van der Waals surface area contributed by atoms with Crippen molar-refractivity contribution in [2.45, 2.75) is 38.5 Å². The van der Waals surface area contributed by atoms with Crippen molar-refractivity contribution in [3.63, 3.8) is 0 Å². The normalized spacial score (nSPS) is 19.5.